The number of halogens is 3. The average molecular weight is 286 g/mol. The number of carboxylic acid groups (broad SMARTS) is 1. The van der Waals surface area contributed by atoms with Gasteiger partial charge in [-0.25, -0.2) is 4.79 Å². The van der Waals surface area contributed by atoms with Crippen molar-refractivity contribution in [2.75, 3.05) is 18.5 Å². The maximum Gasteiger partial charge on any atom is 0.417 e. The summed E-state index contributed by atoms with van der Waals surface area (Å²) >= 11 is 0. The van der Waals surface area contributed by atoms with Crippen LogP contribution in [0, 0.1) is 17.2 Å². The summed E-state index contributed by atoms with van der Waals surface area (Å²) in [5.41, 5.74) is -1.77. The fourth-order valence-electron chi connectivity index (χ4n) is 1.75. The zero-order chi connectivity index (χ0) is 15.5. The highest BCUT2D eigenvalue weighted by molar-refractivity contribution is 5.90. The van der Waals surface area contributed by atoms with E-state index in [1.165, 1.54) is 11.0 Å². The second-order valence-corrected chi connectivity index (χ2v) is 4.44. The summed E-state index contributed by atoms with van der Waals surface area (Å²) in [6.45, 7) is 1.90. The summed E-state index contributed by atoms with van der Waals surface area (Å²) in [4.78, 5) is 12.3. The van der Waals surface area contributed by atoms with Crippen molar-refractivity contribution in [1.82, 2.24) is 0 Å². The SMILES string of the molecule is CC(C#N)CN(C)c1ccc(C(=O)O)c(C(F)(F)F)c1. The lowest BCUT2D eigenvalue weighted by atomic mass is 10.1. The number of benzene rings is 1. The number of alkyl halides is 3. The molecule has 7 heteroatoms. The lowest BCUT2D eigenvalue weighted by Crippen LogP contribution is -2.24. The Balaban J connectivity index is 3.20. The third-order valence-corrected chi connectivity index (χ3v) is 2.75. The highest BCUT2D eigenvalue weighted by Gasteiger charge is 2.35. The van der Waals surface area contributed by atoms with Crippen molar-refractivity contribution in [2.45, 2.75) is 13.1 Å². The van der Waals surface area contributed by atoms with E-state index >= 15 is 0 Å². The van der Waals surface area contributed by atoms with Crippen LogP contribution in [0.1, 0.15) is 22.8 Å². The minimum absolute atomic E-state index is 0.212. The van der Waals surface area contributed by atoms with Crippen molar-refractivity contribution in [3.8, 4) is 6.07 Å². The van der Waals surface area contributed by atoms with Crippen LogP contribution in [0.4, 0.5) is 18.9 Å². The predicted molar refractivity (Wildman–Crippen MR) is 66.5 cm³/mol. The topological polar surface area (TPSA) is 64.3 Å². The molecule has 1 rings (SSSR count). The standard InChI is InChI=1S/C13H13F3N2O2/c1-8(6-17)7-18(2)9-3-4-10(12(19)20)11(5-9)13(14,15)16/h3-5,8H,7H2,1-2H3,(H,19,20). The molecule has 20 heavy (non-hydrogen) atoms. The van der Waals surface area contributed by atoms with Crippen molar-refractivity contribution in [3.63, 3.8) is 0 Å². The molecule has 108 valence electrons. The molecule has 0 heterocycles. The van der Waals surface area contributed by atoms with Crippen molar-refractivity contribution in [1.29, 1.82) is 5.26 Å². The molecular formula is C13H13F3N2O2. The number of hydrogen-bond acceptors (Lipinski definition) is 3. The third-order valence-electron chi connectivity index (χ3n) is 2.75. The van der Waals surface area contributed by atoms with Gasteiger partial charge in [-0.3, -0.25) is 0 Å². The van der Waals surface area contributed by atoms with Gasteiger partial charge in [-0.15, -0.1) is 0 Å². The van der Waals surface area contributed by atoms with E-state index in [1.807, 2.05) is 6.07 Å². The summed E-state index contributed by atoms with van der Waals surface area (Å²) in [5, 5.41) is 17.5. The summed E-state index contributed by atoms with van der Waals surface area (Å²) in [6.07, 6.45) is -4.74. The molecule has 0 saturated heterocycles. The predicted octanol–water partition coefficient (Wildman–Crippen LogP) is 3.00. The Morgan fingerprint density at radius 2 is 2.10 bits per heavy atom. The summed E-state index contributed by atoms with van der Waals surface area (Å²) < 4.78 is 38.5. The second-order valence-electron chi connectivity index (χ2n) is 4.44. The van der Waals surface area contributed by atoms with E-state index in [2.05, 4.69) is 0 Å². The molecule has 1 aromatic carbocycles. The molecule has 0 radical (unpaired) electrons. The zero-order valence-electron chi connectivity index (χ0n) is 10.9. The normalized spacial score (nSPS) is 12.6. The molecule has 4 nitrogen and oxygen atoms in total. The fraction of sp³-hybridized carbons (Fsp3) is 0.385. The van der Waals surface area contributed by atoms with E-state index in [-0.39, 0.29) is 18.2 Å². The summed E-state index contributed by atoms with van der Waals surface area (Å²) in [6, 6.07) is 4.99. The first-order chi connectivity index (χ1) is 9.16. The van der Waals surface area contributed by atoms with Crippen molar-refractivity contribution in [3.05, 3.63) is 29.3 Å². The van der Waals surface area contributed by atoms with Gasteiger partial charge in [0.1, 0.15) is 0 Å². The molecular weight excluding hydrogens is 273 g/mol. The average Bonchev–Trinajstić information content (AvgIpc) is 2.36. The van der Waals surface area contributed by atoms with Crippen molar-refractivity contribution >= 4 is 11.7 Å². The molecule has 0 aliphatic heterocycles. The number of nitriles is 1. The van der Waals surface area contributed by atoms with E-state index in [0.29, 0.717) is 0 Å². The van der Waals surface area contributed by atoms with Gasteiger partial charge < -0.3 is 10.0 Å². The molecule has 1 atom stereocenters. The van der Waals surface area contributed by atoms with Crippen LogP contribution in [-0.4, -0.2) is 24.7 Å². The van der Waals surface area contributed by atoms with Crippen molar-refractivity contribution < 1.29 is 23.1 Å². The summed E-state index contributed by atoms with van der Waals surface area (Å²) in [5.74, 6) is -1.98. The number of hydrogen-bond donors (Lipinski definition) is 1. The van der Waals surface area contributed by atoms with Gasteiger partial charge in [-0.1, -0.05) is 0 Å². The molecule has 1 unspecified atom stereocenters. The second kappa shape index (κ2) is 5.82. The fourth-order valence-corrected chi connectivity index (χ4v) is 1.75. The largest absolute Gasteiger partial charge is 0.478 e. The van der Waals surface area contributed by atoms with Crippen LogP contribution in [0.15, 0.2) is 18.2 Å². The van der Waals surface area contributed by atoms with Crippen LogP contribution in [0.2, 0.25) is 0 Å². The van der Waals surface area contributed by atoms with E-state index < -0.39 is 23.3 Å². The van der Waals surface area contributed by atoms with E-state index in [1.54, 1.807) is 14.0 Å². The van der Waals surface area contributed by atoms with Gasteiger partial charge in [0, 0.05) is 19.3 Å². The Morgan fingerprint density at radius 3 is 2.55 bits per heavy atom. The van der Waals surface area contributed by atoms with Gasteiger partial charge in [-0.05, 0) is 25.1 Å². The van der Waals surface area contributed by atoms with Crippen LogP contribution >= 0.6 is 0 Å². The van der Waals surface area contributed by atoms with Gasteiger partial charge in [0.25, 0.3) is 0 Å². The zero-order valence-corrected chi connectivity index (χ0v) is 10.9. The highest BCUT2D eigenvalue weighted by Crippen LogP contribution is 2.34. The first-order valence-corrected chi connectivity index (χ1v) is 5.72. The minimum Gasteiger partial charge on any atom is -0.478 e. The van der Waals surface area contributed by atoms with Crippen LogP contribution in [0.3, 0.4) is 0 Å². The molecule has 0 spiro atoms. The van der Waals surface area contributed by atoms with E-state index in [0.717, 1.165) is 12.1 Å². The quantitative estimate of drug-likeness (QED) is 0.924. The Kier molecular flexibility index (Phi) is 4.61. The Labute approximate surface area is 114 Å². The number of carbonyl (C=O) groups is 1. The molecule has 1 N–H and O–H groups in total. The molecule has 0 aromatic heterocycles. The van der Waals surface area contributed by atoms with E-state index in [4.69, 9.17) is 10.4 Å². The number of anilines is 1. The summed E-state index contributed by atoms with van der Waals surface area (Å²) in [7, 11) is 1.55. The molecule has 0 amide bonds. The Hall–Kier alpha value is -2.23. The number of carboxylic acids is 1. The lowest BCUT2D eigenvalue weighted by molar-refractivity contribution is -0.138. The molecule has 0 bridgehead atoms. The first-order valence-electron chi connectivity index (χ1n) is 5.72. The monoisotopic (exact) mass is 286 g/mol. The maximum atomic E-state index is 12.8. The van der Waals surface area contributed by atoms with Crippen LogP contribution in [0.5, 0.6) is 0 Å². The van der Waals surface area contributed by atoms with Crippen molar-refractivity contribution in [2.24, 2.45) is 5.92 Å². The maximum absolute atomic E-state index is 12.8. The number of aromatic carboxylic acids is 1. The molecule has 0 aliphatic rings. The Bertz CT molecular complexity index is 550. The smallest absolute Gasteiger partial charge is 0.417 e. The van der Waals surface area contributed by atoms with E-state index in [9.17, 15) is 18.0 Å². The van der Waals surface area contributed by atoms with Gasteiger partial charge in [0.2, 0.25) is 0 Å². The number of nitrogens with zero attached hydrogens (tertiary/aromatic N) is 2. The molecule has 0 fully saturated rings. The van der Waals surface area contributed by atoms with Gasteiger partial charge in [-0.2, -0.15) is 18.4 Å². The highest BCUT2D eigenvalue weighted by atomic mass is 19.4. The van der Waals surface area contributed by atoms with Crippen LogP contribution in [0.25, 0.3) is 0 Å². The first kappa shape index (κ1) is 15.8. The minimum atomic E-state index is -4.74. The molecule has 1 aromatic rings. The molecule has 0 saturated carbocycles. The number of rotatable bonds is 4. The van der Waals surface area contributed by atoms with Crippen LogP contribution < -0.4 is 4.90 Å². The van der Waals surface area contributed by atoms with Gasteiger partial charge in [0.05, 0.1) is 23.1 Å². The Morgan fingerprint density at radius 1 is 1.50 bits per heavy atom. The molecule has 0 aliphatic carbocycles. The lowest BCUT2D eigenvalue weighted by Gasteiger charge is -2.22. The third kappa shape index (κ3) is 3.63. The van der Waals surface area contributed by atoms with Gasteiger partial charge >= 0.3 is 12.1 Å². The van der Waals surface area contributed by atoms with Crippen LogP contribution in [-0.2, 0) is 6.18 Å². The van der Waals surface area contributed by atoms with Gasteiger partial charge in [0.15, 0.2) is 0 Å².